The molecule has 0 fully saturated rings. The van der Waals surface area contributed by atoms with Crippen molar-refractivity contribution in [1.29, 1.82) is 0 Å². The van der Waals surface area contributed by atoms with Crippen LogP contribution in [-0.2, 0) is 16.1 Å². The quantitative estimate of drug-likeness (QED) is 0.400. The maximum Gasteiger partial charge on any atom is 0.311 e. The summed E-state index contributed by atoms with van der Waals surface area (Å²) in [6.07, 6.45) is 1.67. The predicted molar refractivity (Wildman–Crippen MR) is 95.7 cm³/mol. The topological polar surface area (TPSA) is 125 Å². The third kappa shape index (κ3) is 4.42. The number of nitrogens with one attached hydrogen (secondary N) is 1. The summed E-state index contributed by atoms with van der Waals surface area (Å²) in [4.78, 5) is 25.9. The third-order valence-electron chi connectivity index (χ3n) is 3.56. The van der Waals surface area contributed by atoms with Crippen LogP contribution in [0.4, 0.5) is 17.2 Å². The minimum atomic E-state index is -0.513. The Labute approximate surface area is 153 Å². The molecule has 0 saturated heterocycles. The molecule has 0 unspecified atom stereocenters. The molecule has 10 heteroatoms. The number of nitrogens with zero attached hydrogens (tertiary/aromatic N) is 5. The summed E-state index contributed by atoms with van der Waals surface area (Å²) >= 11 is 0. The number of rotatable bonds is 6. The summed E-state index contributed by atoms with van der Waals surface area (Å²) in [5.74, 6) is 0.116. The van der Waals surface area contributed by atoms with Gasteiger partial charge in [0.1, 0.15) is 6.61 Å². The third-order valence-corrected chi connectivity index (χ3v) is 3.56. The molecule has 3 rings (SSSR count). The number of anilines is 2. The molecule has 1 N–H and O–H groups in total. The van der Waals surface area contributed by atoms with E-state index in [1.54, 1.807) is 37.4 Å². The van der Waals surface area contributed by atoms with Gasteiger partial charge in [-0.2, -0.15) is 0 Å². The van der Waals surface area contributed by atoms with Crippen molar-refractivity contribution in [1.82, 2.24) is 20.0 Å². The van der Waals surface area contributed by atoms with E-state index in [9.17, 15) is 14.9 Å². The Balaban J connectivity index is 1.86. The van der Waals surface area contributed by atoms with Gasteiger partial charge >= 0.3 is 11.7 Å². The number of nitro groups is 1. The van der Waals surface area contributed by atoms with Crippen LogP contribution in [0.15, 0.2) is 42.6 Å². The first-order valence-corrected chi connectivity index (χ1v) is 7.96. The highest BCUT2D eigenvalue weighted by molar-refractivity contribution is 5.67. The van der Waals surface area contributed by atoms with Crippen molar-refractivity contribution in [3.05, 3.63) is 64.0 Å². The van der Waals surface area contributed by atoms with Crippen LogP contribution < -0.4 is 5.32 Å². The van der Waals surface area contributed by atoms with Crippen LogP contribution in [0.2, 0.25) is 0 Å². The molecular weight excluding hydrogens is 352 g/mol. The lowest BCUT2D eigenvalue weighted by atomic mass is 10.2. The largest absolute Gasteiger partial charge is 0.461 e. The molecule has 0 spiro atoms. The molecule has 0 aliphatic rings. The zero-order valence-electron chi connectivity index (χ0n) is 14.6. The Morgan fingerprint density at radius 2 is 2.00 bits per heavy atom. The summed E-state index contributed by atoms with van der Waals surface area (Å²) < 4.78 is 6.36. The van der Waals surface area contributed by atoms with Crippen LogP contribution in [0.3, 0.4) is 0 Å². The second kappa shape index (κ2) is 7.60. The Morgan fingerprint density at radius 1 is 1.26 bits per heavy atom. The fourth-order valence-corrected chi connectivity index (χ4v) is 2.27. The van der Waals surface area contributed by atoms with E-state index in [-0.39, 0.29) is 24.1 Å². The highest BCUT2D eigenvalue weighted by Gasteiger charge is 2.17. The van der Waals surface area contributed by atoms with E-state index >= 15 is 0 Å². The Morgan fingerprint density at radius 3 is 2.59 bits per heavy atom. The molecule has 0 radical (unpaired) electrons. The Hall–Kier alpha value is -3.82. The molecule has 0 atom stereocenters. The Bertz CT molecular complexity index is 983. The molecule has 1 aromatic carbocycles. The number of esters is 1. The first kappa shape index (κ1) is 18.0. The molecule has 10 nitrogen and oxygen atoms in total. The number of benzene rings is 1. The lowest BCUT2D eigenvalue weighted by molar-refractivity contribution is -0.384. The fraction of sp³-hybridized carbons (Fsp3) is 0.176. The van der Waals surface area contributed by atoms with Crippen molar-refractivity contribution in [2.45, 2.75) is 20.5 Å². The standard InChI is InChI=1S/C17H16N6O4/c1-11-9-22(21-20-11)16-8-7-15(23(25)26)17(19-16)18-14-5-3-13(4-6-14)10-27-12(2)24/h3-9H,10H2,1-2H3,(H,18,19). The van der Waals surface area contributed by atoms with Gasteiger partial charge in [-0.05, 0) is 30.7 Å². The van der Waals surface area contributed by atoms with E-state index in [0.717, 1.165) is 5.56 Å². The smallest absolute Gasteiger partial charge is 0.311 e. The molecule has 27 heavy (non-hydrogen) atoms. The monoisotopic (exact) mass is 368 g/mol. The molecule has 3 aromatic rings. The van der Waals surface area contributed by atoms with Gasteiger partial charge in [0, 0.05) is 18.7 Å². The van der Waals surface area contributed by atoms with Crippen LogP contribution in [-0.4, -0.2) is 30.9 Å². The minimum Gasteiger partial charge on any atom is -0.461 e. The van der Waals surface area contributed by atoms with Gasteiger partial charge in [-0.25, -0.2) is 9.67 Å². The summed E-state index contributed by atoms with van der Waals surface area (Å²) in [6, 6.07) is 9.80. The average Bonchev–Trinajstić information content (AvgIpc) is 3.07. The summed E-state index contributed by atoms with van der Waals surface area (Å²) in [7, 11) is 0. The van der Waals surface area contributed by atoms with Gasteiger partial charge in [0.25, 0.3) is 0 Å². The van der Waals surface area contributed by atoms with Crippen molar-refractivity contribution in [3.8, 4) is 5.82 Å². The van der Waals surface area contributed by atoms with Crippen LogP contribution in [0, 0.1) is 17.0 Å². The lowest BCUT2D eigenvalue weighted by Crippen LogP contribution is -2.05. The maximum absolute atomic E-state index is 11.3. The zero-order chi connectivity index (χ0) is 19.4. The lowest BCUT2D eigenvalue weighted by Gasteiger charge is -2.09. The van der Waals surface area contributed by atoms with Crippen LogP contribution in [0.5, 0.6) is 0 Å². The highest BCUT2D eigenvalue weighted by Crippen LogP contribution is 2.27. The number of carbonyl (C=O) groups is 1. The van der Waals surface area contributed by atoms with E-state index in [1.807, 2.05) is 0 Å². The van der Waals surface area contributed by atoms with Gasteiger partial charge in [-0.3, -0.25) is 14.9 Å². The first-order chi connectivity index (χ1) is 12.9. The van der Waals surface area contributed by atoms with E-state index in [4.69, 9.17) is 4.74 Å². The SMILES string of the molecule is CC(=O)OCc1ccc(Nc2nc(-n3cc(C)nn3)ccc2[N+](=O)[O-])cc1. The average molecular weight is 368 g/mol. The molecule has 2 aromatic heterocycles. The van der Waals surface area contributed by atoms with Crippen molar-refractivity contribution in [3.63, 3.8) is 0 Å². The molecule has 138 valence electrons. The van der Waals surface area contributed by atoms with Crippen LogP contribution in [0.25, 0.3) is 5.82 Å². The summed E-state index contributed by atoms with van der Waals surface area (Å²) in [5, 5.41) is 22.1. The maximum atomic E-state index is 11.3. The Kier molecular flexibility index (Phi) is 5.06. The number of aromatic nitrogens is 4. The minimum absolute atomic E-state index is 0.0818. The molecule has 0 amide bonds. The van der Waals surface area contributed by atoms with Gasteiger partial charge in [0.15, 0.2) is 5.82 Å². The zero-order valence-corrected chi connectivity index (χ0v) is 14.6. The molecule has 0 aliphatic carbocycles. The number of pyridine rings is 1. The van der Waals surface area contributed by atoms with Gasteiger partial charge in [-0.15, -0.1) is 5.10 Å². The number of hydrogen-bond acceptors (Lipinski definition) is 8. The van der Waals surface area contributed by atoms with E-state index in [0.29, 0.717) is 17.2 Å². The summed E-state index contributed by atoms with van der Waals surface area (Å²) in [6.45, 7) is 3.28. The van der Waals surface area contributed by atoms with E-state index in [2.05, 4.69) is 20.6 Å². The van der Waals surface area contributed by atoms with Crippen LogP contribution >= 0.6 is 0 Å². The molecular formula is C17H16N6O4. The van der Waals surface area contributed by atoms with Crippen LogP contribution in [0.1, 0.15) is 18.2 Å². The number of carbonyl (C=O) groups excluding carboxylic acids is 1. The van der Waals surface area contributed by atoms with Crippen molar-refractivity contribution < 1.29 is 14.5 Å². The molecule has 0 bridgehead atoms. The van der Waals surface area contributed by atoms with Gasteiger partial charge in [0.05, 0.1) is 16.8 Å². The fourth-order valence-electron chi connectivity index (χ4n) is 2.27. The highest BCUT2D eigenvalue weighted by atomic mass is 16.6. The van der Waals surface area contributed by atoms with E-state index < -0.39 is 4.92 Å². The second-order valence-corrected chi connectivity index (χ2v) is 5.70. The second-order valence-electron chi connectivity index (χ2n) is 5.70. The van der Waals surface area contributed by atoms with Gasteiger partial charge in [0.2, 0.25) is 5.82 Å². The molecule has 2 heterocycles. The van der Waals surface area contributed by atoms with Crippen molar-refractivity contribution >= 4 is 23.2 Å². The normalized spacial score (nSPS) is 10.4. The van der Waals surface area contributed by atoms with Gasteiger partial charge in [-0.1, -0.05) is 17.3 Å². The molecule has 0 aliphatic heterocycles. The number of aryl methyl sites for hydroxylation is 1. The summed E-state index contributed by atoms with van der Waals surface area (Å²) in [5.41, 5.74) is 1.93. The number of ether oxygens (including phenoxy) is 1. The van der Waals surface area contributed by atoms with Gasteiger partial charge < -0.3 is 10.1 Å². The predicted octanol–water partition coefficient (Wildman–Crippen LogP) is 2.69. The molecule has 0 saturated carbocycles. The van der Waals surface area contributed by atoms with Crippen molar-refractivity contribution in [2.24, 2.45) is 0 Å². The number of hydrogen-bond donors (Lipinski definition) is 1. The van der Waals surface area contributed by atoms with E-state index in [1.165, 1.54) is 23.7 Å². The van der Waals surface area contributed by atoms with Crippen molar-refractivity contribution in [2.75, 3.05) is 5.32 Å². The first-order valence-electron chi connectivity index (χ1n) is 7.96.